The number of carbonyl (C=O) groups excluding carboxylic acids is 1. The zero-order chi connectivity index (χ0) is 29.1. The summed E-state index contributed by atoms with van der Waals surface area (Å²) in [7, 11) is 0. The molecule has 1 aromatic heterocycles. The molecule has 5 nitrogen and oxygen atoms in total. The van der Waals surface area contributed by atoms with Gasteiger partial charge in [-0.05, 0) is 95.4 Å². The Balaban J connectivity index is 1.66. The van der Waals surface area contributed by atoms with Gasteiger partial charge in [0.25, 0.3) is 5.91 Å². The first-order valence-corrected chi connectivity index (χ1v) is 15.0. The third kappa shape index (κ3) is 7.04. The number of carbonyl (C=O) groups is 1. The van der Waals surface area contributed by atoms with Crippen LogP contribution < -0.4 is 5.32 Å². The van der Waals surface area contributed by atoms with Gasteiger partial charge in [-0.25, -0.2) is 13.8 Å². The molecule has 1 N–H and O–H groups in total. The van der Waals surface area contributed by atoms with E-state index in [2.05, 4.69) is 54.7 Å². The molecule has 3 aromatic carbocycles. The molecule has 0 aliphatic carbocycles. The van der Waals surface area contributed by atoms with Gasteiger partial charge in [0.05, 0.1) is 11.7 Å². The fourth-order valence-corrected chi connectivity index (χ4v) is 6.20. The summed E-state index contributed by atoms with van der Waals surface area (Å²) in [6, 6.07) is 20.6. The van der Waals surface area contributed by atoms with E-state index in [1.165, 1.54) is 12.1 Å². The first-order valence-electron chi connectivity index (χ1n) is 13.9. The average molecular weight is 669 g/mol. The van der Waals surface area contributed by atoms with Crippen molar-refractivity contribution < 1.29 is 13.6 Å². The van der Waals surface area contributed by atoms with E-state index in [1.54, 1.807) is 0 Å². The number of halogens is 3. The molecule has 1 aliphatic rings. The Morgan fingerprint density at radius 3 is 2.44 bits per heavy atom. The van der Waals surface area contributed by atoms with Crippen LogP contribution in [0.5, 0.6) is 0 Å². The van der Waals surface area contributed by atoms with E-state index >= 15 is 0 Å². The van der Waals surface area contributed by atoms with Crippen molar-refractivity contribution in [3.8, 4) is 11.3 Å². The molecule has 1 amide bonds. The predicted molar refractivity (Wildman–Crippen MR) is 166 cm³/mol. The summed E-state index contributed by atoms with van der Waals surface area (Å²) < 4.78 is 31.5. The SMILES string of the molecule is CC(C)(C)[C@H](c1nc(-c2cccc(I)c2)cn1Cc1cc(F)cc(F)c1)N(CC1CCNC1)C(=O)c1ccccc1. The summed E-state index contributed by atoms with van der Waals surface area (Å²) in [6.07, 6.45) is 2.92. The van der Waals surface area contributed by atoms with Gasteiger partial charge >= 0.3 is 0 Å². The Bertz CT molecular complexity index is 1490. The van der Waals surface area contributed by atoms with Crippen LogP contribution >= 0.6 is 22.6 Å². The van der Waals surface area contributed by atoms with Crippen LogP contribution in [-0.2, 0) is 6.54 Å². The number of rotatable bonds is 8. The fourth-order valence-electron chi connectivity index (χ4n) is 5.66. The van der Waals surface area contributed by atoms with Crippen molar-refractivity contribution in [3.05, 3.63) is 111 Å². The lowest BCUT2D eigenvalue weighted by Crippen LogP contribution is -2.45. The van der Waals surface area contributed by atoms with Gasteiger partial charge in [0.15, 0.2) is 0 Å². The van der Waals surface area contributed by atoms with Crippen molar-refractivity contribution in [3.63, 3.8) is 0 Å². The first kappa shape index (κ1) is 29.4. The van der Waals surface area contributed by atoms with E-state index < -0.39 is 23.1 Å². The minimum absolute atomic E-state index is 0.0559. The lowest BCUT2D eigenvalue weighted by molar-refractivity contribution is 0.0437. The predicted octanol–water partition coefficient (Wildman–Crippen LogP) is 7.32. The van der Waals surface area contributed by atoms with E-state index in [9.17, 15) is 13.6 Å². The highest BCUT2D eigenvalue weighted by molar-refractivity contribution is 14.1. The summed E-state index contributed by atoms with van der Waals surface area (Å²) in [5.74, 6) is -0.308. The third-order valence-corrected chi connectivity index (χ3v) is 8.15. The number of hydrogen-bond acceptors (Lipinski definition) is 3. The number of aromatic nitrogens is 2. The number of nitrogens with one attached hydrogen (secondary N) is 1. The van der Waals surface area contributed by atoms with Crippen LogP contribution in [-0.4, -0.2) is 40.0 Å². The molecule has 0 spiro atoms. The molecule has 214 valence electrons. The molecule has 41 heavy (non-hydrogen) atoms. The topological polar surface area (TPSA) is 50.2 Å². The standard InChI is InChI=1S/C33H35F2IN4O/c1-33(2,3)30(40(20-22-12-13-37-18-22)32(41)24-8-5-4-6-9-24)31-38-29(25-10-7-11-28(36)16-25)21-39(31)19-23-14-26(34)17-27(35)15-23/h4-11,14-17,21-22,30,37H,12-13,18-20H2,1-3H3/t22?,30-/m0/s1. The Kier molecular flexibility index (Phi) is 8.89. The van der Waals surface area contributed by atoms with Gasteiger partial charge < -0.3 is 14.8 Å². The second-order valence-corrected chi connectivity index (χ2v) is 13.1. The minimum Gasteiger partial charge on any atom is -0.328 e. The Morgan fingerprint density at radius 2 is 1.80 bits per heavy atom. The Labute approximate surface area is 254 Å². The van der Waals surface area contributed by atoms with Gasteiger partial charge in [-0.1, -0.05) is 51.1 Å². The zero-order valence-corrected chi connectivity index (χ0v) is 25.7. The Morgan fingerprint density at radius 1 is 1.07 bits per heavy atom. The normalized spacial score (nSPS) is 16.1. The third-order valence-electron chi connectivity index (χ3n) is 7.48. The van der Waals surface area contributed by atoms with Crippen LogP contribution in [0.1, 0.15) is 55.0 Å². The van der Waals surface area contributed by atoms with Crippen LogP contribution in [0.2, 0.25) is 0 Å². The fraction of sp³-hybridized carbons (Fsp3) is 0.333. The summed E-state index contributed by atoms with van der Waals surface area (Å²) in [5.41, 5.74) is 2.39. The highest BCUT2D eigenvalue weighted by atomic mass is 127. The van der Waals surface area contributed by atoms with Crippen LogP contribution in [0, 0.1) is 26.5 Å². The van der Waals surface area contributed by atoms with Gasteiger partial charge in [0, 0.05) is 40.0 Å². The molecule has 2 heterocycles. The number of hydrogen-bond donors (Lipinski definition) is 1. The van der Waals surface area contributed by atoms with Gasteiger partial charge in [-0.15, -0.1) is 0 Å². The lowest BCUT2D eigenvalue weighted by atomic mass is 9.83. The number of nitrogens with zero attached hydrogens (tertiary/aromatic N) is 3. The number of imidazole rings is 1. The molecule has 5 rings (SSSR count). The molecule has 1 saturated heterocycles. The average Bonchev–Trinajstić information content (AvgIpc) is 3.57. The summed E-state index contributed by atoms with van der Waals surface area (Å²) >= 11 is 2.28. The van der Waals surface area contributed by atoms with E-state index in [1.807, 2.05) is 64.2 Å². The lowest BCUT2D eigenvalue weighted by Gasteiger charge is -2.41. The summed E-state index contributed by atoms with van der Waals surface area (Å²) in [5, 5.41) is 3.43. The molecular formula is C33H35F2IN4O. The summed E-state index contributed by atoms with van der Waals surface area (Å²) in [6.45, 7) is 8.90. The van der Waals surface area contributed by atoms with Crippen molar-refractivity contribution in [2.24, 2.45) is 11.3 Å². The summed E-state index contributed by atoms with van der Waals surface area (Å²) in [4.78, 5) is 21.4. The maximum atomic E-state index is 14.2. The highest BCUT2D eigenvalue weighted by Crippen LogP contribution is 2.40. The molecule has 2 atom stereocenters. The van der Waals surface area contributed by atoms with Crippen LogP contribution in [0.25, 0.3) is 11.3 Å². The number of amides is 1. The maximum absolute atomic E-state index is 14.2. The molecule has 1 unspecified atom stereocenters. The molecule has 4 aromatic rings. The largest absolute Gasteiger partial charge is 0.328 e. The molecule has 1 aliphatic heterocycles. The molecule has 8 heteroatoms. The molecule has 1 fully saturated rings. The second-order valence-electron chi connectivity index (χ2n) is 11.9. The van der Waals surface area contributed by atoms with Crippen molar-refractivity contribution in [1.29, 1.82) is 0 Å². The van der Waals surface area contributed by atoms with E-state index in [4.69, 9.17) is 4.98 Å². The van der Waals surface area contributed by atoms with Gasteiger partial charge in [0.1, 0.15) is 17.5 Å². The molecule has 0 bridgehead atoms. The monoisotopic (exact) mass is 668 g/mol. The van der Waals surface area contributed by atoms with Crippen molar-refractivity contribution >= 4 is 28.5 Å². The second kappa shape index (κ2) is 12.4. The highest BCUT2D eigenvalue weighted by Gasteiger charge is 2.40. The van der Waals surface area contributed by atoms with Gasteiger partial charge in [0.2, 0.25) is 0 Å². The van der Waals surface area contributed by atoms with Gasteiger partial charge in [-0.3, -0.25) is 4.79 Å². The van der Waals surface area contributed by atoms with E-state index in [0.717, 1.165) is 40.4 Å². The van der Waals surface area contributed by atoms with Crippen molar-refractivity contribution in [2.45, 2.75) is 39.8 Å². The maximum Gasteiger partial charge on any atom is 0.254 e. The smallest absolute Gasteiger partial charge is 0.254 e. The molecular weight excluding hydrogens is 633 g/mol. The zero-order valence-electron chi connectivity index (χ0n) is 23.6. The van der Waals surface area contributed by atoms with Crippen LogP contribution in [0.15, 0.2) is 79.0 Å². The van der Waals surface area contributed by atoms with Gasteiger partial charge in [-0.2, -0.15) is 0 Å². The van der Waals surface area contributed by atoms with Crippen LogP contribution in [0.4, 0.5) is 8.78 Å². The van der Waals surface area contributed by atoms with Crippen molar-refractivity contribution in [2.75, 3.05) is 19.6 Å². The molecule has 0 saturated carbocycles. The van der Waals surface area contributed by atoms with Crippen molar-refractivity contribution in [1.82, 2.24) is 19.8 Å². The van der Waals surface area contributed by atoms with Crippen LogP contribution in [0.3, 0.4) is 0 Å². The quantitative estimate of drug-likeness (QED) is 0.200. The Hall–Kier alpha value is -3.11. The van der Waals surface area contributed by atoms with E-state index in [0.29, 0.717) is 29.4 Å². The number of benzene rings is 3. The van der Waals surface area contributed by atoms with E-state index in [-0.39, 0.29) is 12.5 Å². The molecule has 0 radical (unpaired) electrons. The minimum atomic E-state index is -0.624. The first-order chi connectivity index (χ1) is 19.6.